The van der Waals surface area contributed by atoms with Crippen molar-refractivity contribution in [2.75, 3.05) is 25.5 Å². The number of anilines is 1. The summed E-state index contributed by atoms with van der Waals surface area (Å²) in [7, 11) is 2.23. The number of likely N-dealkylation sites (N-methyl/N-ethyl adjacent to an activating group) is 1. The molecule has 2 aromatic rings. The summed E-state index contributed by atoms with van der Waals surface area (Å²) in [5.41, 5.74) is 2.43. The Labute approximate surface area is 126 Å². The van der Waals surface area contributed by atoms with Crippen molar-refractivity contribution < 1.29 is 0 Å². The van der Waals surface area contributed by atoms with Gasteiger partial charge in [-0.15, -0.1) is 0 Å². The predicted molar refractivity (Wildman–Crippen MR) is 84.3 cm³/mol. The van der Waals surface area contributed by atoms with Crippen molar-refractivity contribution >= 4 is 5.69 Å². The van der Waals surface area contributed by atoms with Crippen molar-refractivity contribution in [1.29, 1.82) is 0 Å². The van der Waals surface area contributed by atoms with E-state index in [-0.39, 0.29) is 0 Å². The van der Waals surface area contributed by atoms with E-state index in [9.17, 15) is 0 Å². The molecular formula is C16H23N5. The van der Waals surface area contributed by atoms with Crippen LogP contribution in [-0.2, 0) is 6.54 Å². The number of nitrogens with one attached hydrogen (secondary N) is 1. The predicted octanol–water partition coefficient (Wildman–Crippen LogP) is 2.22. The van der Waals surface area contributed by atoms with Gasteiger partial charge in [0.15, 0.2) is 0 Å². The highest BCUT2D eigenvalue weighted by atomic mass is 15.3. The first-order chi connectivity index (χ1) is 10.3. The lowest BCUT2D eigenvalue weighted by atomic mass is 10.0. The molecule has 0 amide bonds. The molecule has 5 heteroatoms. The summed E-state index contributed by atoms with van der Waals surface area (Å²) in [6.45, 7) is 3.02. The van der Waals surface area contributed by atoms with E-state index in [1.165, 1.54) is 37.1 Å². The summed E-state index contributed by atoms with van der Waals surface area (Å²) in [6.07, 6.45) is 7.30. The van der Waals surface area contributed by atoms with Crippen LogP contribution < -0.4 is 5.32 Å². The van der Waals surface area contributed by atoms with E-state index < -0.39 is 0 Å². The topological polar surface area (TPSA) is 46.0 Å². The van der Waals surface area contributed by atoms with Crippen molar-refractivity contribution in [3.63, 3.8) is 0 Å². The second-order valence-electron chi connectivity index (χ2n) is 5.80. The molecule has 0 spiro atoms. The number of nitrogens with zero attached hydrogens (tertiary/aromatic N) is 4. The Kier molecular flexibility index (Phi) is 4.50. The minimum absolute atomic E-state index is 0.661. The zero-order chi connectivity index (χ0) is 14.5. The Morgan fingerprint density at radius 1 is 1.24 bits per heavy atom. The van der Waals surface area contributed by atoms with Gasteiger partial charge in [0.25, 0.3) is 0 Å². The van der Waals surface area contributed by atoms with Crippen LogP contribution in [0.4, 0.5) is 5.69 Å². The van der Waals surface area contributed by atoms with Crippen LogP contribution in [0.3, 0.4) is 0 Å². The van der Waals surface area contributed by atoms with E-state index in [0.717, 1.165) is 13.1 Å². The van der Waals surface area contributed by atoms with E-state index in [0.29, 0.717) is 6.04 Å². The van der Waals surface area contributed by atoms with Gasteiger partial charge in [-0.05, 0) is 44.1 Å². The maximum absolute atomic E-state index is 4.12. The van der Waals surface area contributed by atoms with Gasteiger partial charge in [-0.2, -0.15) is 5.10 Å². The number of piperidine rings is 1. The van der Waals surface area contributed by atoms with Crippen LogP contribution in [0.15, 0.2) is 36.9 Å². The first kappa shape index (κ1) is 14.1. The molecule has 0 radical (unpaired) electrons. The van der Waals surface area contributed by atoms with Crippen LogP contribution in [-0.4, -0.2) is 45.8 Å². The zero-order valence-electron chi connectivity index (χ0n) is 12.6. The highest BCUT2D eigenvalue weighted by Crippen LogP contribution is 2.16. The Bertz CT molecular complexity index is 534. The molecule has 1 aliphatic heterocycles. The fourth-order valence-corrected chi connectivity index (χ4v) is 2.87. The molecule has 0 aliphatic carbocycles. The van der Waals surface area contributed by atoms with E-state index in [1.807, 2.05) is 4.68 Å². The molecule has 0 bridgehead atoms. The Morgan fingerprint density at radius 3 is 2.81 bits per heavy atom. The zero-order valence-corrected chi connectivity index (χ0v) is 12.6. The van der Waals surface area contributed by atoms with Crippen molar-refractivity contribution in [3.8, 4) is 0 Å². The minimum Gasteiger partial charge on any atom is -0.383 e. The molecule has 1 aromatic heterocycles. The smallest absolute Gasteiger partial charge is 0.137 e. The number of likely N-dealkylation sites (tertiary alicyclic amines) is 1. The summed E-state index contributed by atoms with van der Waals surface area (Å²) in [6, 6.07) is 9.25. The molecule has 1 saturated heterocycles. The maximum atomic E-state index is 4.12. The van der Waals surface area contributed by atoms with Crippen molar-refractivity contribution in [1.82, 2.24) is 19.7 Å². The van der Waals surface area contributed by atoms with Crippen molar-refractivity contribution in [2.24, 2.45) is 0 Å². The van der Waals surface area contributed by atoms with Gasteiger partial charge in [-0.1, -0.05) is 18.6 Å². The maximum Gasteiger partial charge on any atom is 0.137 e. The largest absolute Gasteiger partial charge is 0.383 e. The Morgan fingerprint density at radius 2 is 2.10 bits per heavy atom. The van der Waals surface area contributed by atoms with Crippen molar-refractivity contribution in [3.05, 3.63) is 42.5 Å². The Balaban J connectivity index is 1.52. The van der Waals surface area contributed by atoms with Gasteiger partial charge in [-0.25, -0.2) is 9.67 Å². The molecule has 1 N–H and O–H groups in total. The molecule has 2 heterocycles. The summed E-state index contributed by atoms with van der Waals surface area (Å²) in [5.74, 6) is 0. The molecule has 21 heavy (non-hydrogen) atoms. The number of hydrogen-bond acceptors (Lipinski definition) is 4. The van der Waals surface area contributed by atoms with Crippen LogP contribution in [0.5, 0.6) is 0 Å². The second kappa shape index (κ2) is 6.72. The van der Waals surface area contributed by atoms with Crippen LogP contribution >= 0.6 is 0 Å². The van der Waals surface area contributed by atoms with Gasteiger partial charge in [0.1, 0.15) is 12.7 Å². The van der Waals surface area contributed by atoms with E-state index in [4.69, 9.17) is 0 Å². The molecule has 0 saturated carbocycles. The lowest BCUT2D eigenvalue weighted by Crippen LogP contribution is -2.40. The molecule has 112 valence electrons. The number of hydrogen-bond donors (Lipinski definition) is 1. The summed E-state index contributed by atoms with van der Waals surface area (Å²) < 4.78 is 1.83. The summed E-state index contributed by atoms with van der Waals surface area (Å²) in [4.78, 5) is 6.43. The van der Waals surface area contributed by atoms with Crippen LogP contribution in [0.1, 0.15) is 24.8 Å². The molecule has 3 rings (SSSR count). The van der Waals surface area contributed by atoms with E-state index >= 15 is 0 Å². The third-order valence-electron chi connectivity index (χ3n) is 4.23. The minimum atomic E-state index is 0.661. The van der Waals surface area contributed by atoms with Gasteiger partial charge in [0.05, 0.1) is 6.54 Å². The van der Waals surface area contributed by atoms with E-state index in [2.05, 4.69) is 51.6 Å². The van der Waals surface area contributed by atoms with Crippen LogP contribution in [0.25, 0.3) is 0 Å². The van der Waals surface area contributed by atoms with Crippen LogP contribution in [0, 0.1) is 0 Å². The standard InChI is InChI=1S/C16H23N5/c1-20-9-3-2-4-16(20)10-18-15-7-5-14(6-8-15)11-21-13-17-12-19-21/h5-8,12-13,16,18H,2-4,9-11H2,1H3. The number of benzene rings is 1. The molecular weight excluding hydrogens is 262 g/mol. The van der Waals surface area contributed by atoms with Crippen molar-refractivity contribution in [2.45, 2.75) is 31.8 Å². The molecule has 1 aromatic carbocycles. The highest BCUT2D eigenvalue weighted by Gasteiger charge is 2.18. The summed E-state index contributed by atoms with van der Waals surface area (Å²) >= 11 is 0. The third-order valence-corrected chi connectivity index (χ3v) is 4.23. The monoisotopic (exact) mass is 285 g/mol. The van der Waals surface area contributed by atoms with Gasteiger partial charge in [0.2, 0.25) is 0 Å². The summed E-state index contributed by atoms with van der Waals surface area (Å²) in [5, 5.41) is 7.68. The third kappa shape index (κ3) is 3.82. The normalized spacial score (nSPS) is 19.6. The lowest BCUT2D eigenvalue weighted by molar-refractivity contribution is 0.194. The fourth-order valence-electron chi connectivity index (χ4n) is 2.87. The van der Waals surface area contributed by atoms with Gasteiger partial charge in [-0.3, -0.25) is 0 Å². The molecule has 1 aliphatic rings. The SMILES string of the molecule is CN1CCCCC1CNc1ccc(Cn2cncn2)cc1. The molecule has 1 fully saturated rings. The van der Waals surface area contributed by atoms with Crippen LogP contribution in [0.2, 0.25) is 0 Å². The first-order valence-corrected chi connectivity index (χ1v) is 7.67. The van der Waals surface area contributed by atoms with Gasteiger partial charge >= 0.3 is 0 Å². The molecule has 1 unspecified atom stereocenters. The van der Waals surface area contributed by atoms with Gasteiger partial charge in [0, 0.05) is 18.3 Å². The molecule has 1 atom stereocenters. The fraction of sp³-hybridized carbons (Fsp3) is 0.500. The average Bonchev–Trinajstić information content (AvgIpc) is 3.01. The highest BCUT2D eigenvalue weighted by molar-refractivity contribution is 5.44. The first-order valence-electron chi connectivity index (χ1n) is 7.67. The number of aromatic nitrogens is 3. The van der Waals surface area contributed by atoms with E-state index in [1.54, 1.807) is 12.7 Å². The Hall–Kier alpha value is -1.88. The van der Waals surface area contributed by atoms with Gasteiger partial charge < -0.3 is 10.2 Å². The lowest BCUT2D eigenvalue weighted by Gasteiger charge is -2.32. The second-order valence-corrected chi connectivity index (χ2v) is 5.80. The molecule has 5 nitrogen and oxygen atoms in total. The average molecular weight is 285 g/mol. The number of rotatable bonds is 5. The quantitative estimate of drug-likeness (QED) is 0.915.